The summed E-state index contributed by atoms with van der Waals surface area (Å²) in [5.41, 5.74) is 5.81. The summed E-state index contributed by atoms with van der Waals surface area (Å²) in [6, 6.07) is 0. The summed E-state index contributed by atoms with van der Waals surface area (Å²) in [7, 11) is 1.65. The zero-order valence-electron chi connectivity index (χ0n) is 10.4. The molecule has 1 aliphatic heterocycles. The van der Waals surface area contributed by atoms with Gasteiger partial charge in [0.25, 0.3) is 5.91 Å². The van der Waals surface area contributed by atoms with E-state index in [0.717, 1.165) is 31.1 Å². The highest BCUT2D eigenvalue weighted by Gasteiger charge is 2.23. The number of hydrogen-bond donors (Lipinski definition) is 2. The number of aliphatic hydroxyl groups excluding tert-OH is 1. The maximum Gasteiger partial charge on any atom is 0.267 e. The number of nitrogens with zero attached hydrogens (tertiary/aromatic N) is 3. The van der Waals surface area contributed by atoms with Crippen molar-refractivity contribution in [3.63, 3.8) is 0 Å². The quantitative estimate of drug-likeness (QED) is 0.827. The van der Waals surface area contributed by atoms with Gasteiger partial charge in [-0.15, -0.1) is 0 Å². The molecule has 0 spiro atoms. The van der Waals surface area contributed by atoms with Gasteiger partial charge in [0.2, 0.25) is 0 Å². The molecule has 1 aromatic rings. The largest absolute Gasteiger partial charge is 0.395 e. The molecule has 18 heavy (non-hydrogen) atoms. The van der Waals surface area contributed by atoms with Gasteiger partial charge in [0.05, 0.1) is 6.61 Å². The van der Waals surface area contributed by atoms with Crippen LogP contribution in [0, 0.1) is 0 Å². The Bertz CT molecular complexity index is 429. The summed E-state index contributed by atoms with van der Waals surface area (Å²) in [6.45, 7) is 2.20. The molecule has 1 aliphatic rings. The molecule has 1 saturated heterocycles. The number of carbonyl (C=O) groups excluding carboxylic acids is 1. The number of carbonyl (C=O) groups is 1. The monoisotopic (exact) mass is 270 g/mol. The molecule has 6 nitrogen and oxygen atoms in total. The van der Waals surface area contributed by atoms with E-state index < -0.39 is 0 Å². The summed E-state index contributed by atoms with van der Waals surface area (Å²) in [4.78, 5) is 20.4. The summed E-state index contributed by atoms with van der Waals surface area (Å²) in [5, 5.41) is 9.66. The van der Waals surface area contributed by atoms with Crippen LogP contribution >= 0.6 is 11.3 Å². The minimum absolute atomic E-state index is 0.0556. The van der Waals surface area contributed by atoms with Crippen LogP contribution in [0.25, 0.3) is 0 Å². The van der Waals surface area contributed by atoms with Crippen LogP contribution in [0.5, 0.6) is 0 Å². The molecule has 0 atom stereocenters. The Hall–Kier alpha value is -1.34. The second-order valence-electron chi connectivity index (χ2n) is 4.36. The molecule has 0 aromatic carbocycles. The van der Waals surface area contributed by atoms with E-state index in [1.807, 2.05) is 0 Å². The number of nitrogens with two attached hydrogens (primary N) is 1. The Kier molecular flexibility index (Phi) is 4.03. The van der Waals surface area contributed by atoms with Gasteiger partial charge in [-0.1, -0.05) is 11.3 Å². The highest BCUT2D eigenvalue weighted by Crippen LogP contribution is 2.30. The first-order chi connectivity index (χ1) is 8.63. The van der Waals surface area contributed by atoms with Crippen molar-refractivity contribution in [3.8, 4) is 0 Å². The van der Waals surface area contributed by atoms with Gasteiger partial charge in [-0.05, 0) is 12.8 Å². The average molecular weight is 270 g/mol. The molecule has 100 valence electrons. The standard InChI is InChI=1S/C11H18N4O2S/c1-14(6-7-16)10(17)8-9(12)13-11(18-8)15-4-2-3-5-15/h16H,2-7,12H2,1H3. The van der Waals surface area contributed by atoms with E-state index in [2.05, 4.69) is 9.88 Å². The van der Waals surface area contributed by atoms with Crippen molar-refractivity contribution in [2.24, 2.45) is 0 Å². The van der Waals surface area contributed by atoms with Crippen molar-refractivity contribution < 1.29 is 9.90 Å². The molecule has 0 unspecified atom stereocenters. The molecule has 1 aromatic heterocycles. The second-order valence-corrected chi connectivity index (χ2v) is 5.33. The number of aromatic nitrogens is 1. The number of anilines is 2. The first-order valence-electron chi connectivity index (χ1n) is 6.01. The van der Waals surface area contributed by atoms with Crippen LogP contribution in [0.3, 0.4) is 0 Å². The van der Waals surface area contributed by atoms with Gasteiger partial charge in [0.15, 0.2) is 5.13 Å². The molecular formula is C11H18N4O2S. The summed E-state index contributed by atoms with van der Waals surface area (Å²) in [6.07, 6.45) is 2.32. The highest BCUT2D eigenvalue weighted by molar-refractivity contribution is 7.18. The number of hydrogen-bond acceptors (Lipinski definition) is 6. The van der Waals surface area contributed by atoms with Gasteiger partial charge >= 0.3 is 0 Å². The third-order valence-corrected chi connectivity index (χ3v) is 4.11. The average Bonchev–Trinajstić information content (AvgIpc) is 2.97. The van der Waals surface area contributed by atoms with Gasteiger partial charge in [-0.3, -0.25) is 4.79 Å². The number of amides is 1. The van der Waals surface area contributed by atoms with Crippen LogP contribution in [0.4, 0.5) is 10.9 Å². The Morgan fingerprint density at radius 3 is 2.83 bits per heavy atom. The number of nitrogen functional groups attached to an aromatic ring is 1. The zero-order chi connectivity index (χ0) is 13.1. The predicted molar refractivity (Wildman–Crippen MR) is 72.0 cm³/mol. The maximum absolute atomic E-state index is 12.1. The summed E-state index contributed by atoms with van der Waals surface area (Å²) in [5.74, 6) is 0.112. The number of rotatable bonds is 4. The van der Waals surface area contributed by atoms with E-state index in [1.165, 1.54) is 16.2 Å². The van der Waals surface area contributed by atoms with Crippen molar-refractivity contribution in [1.82, 2.24) is 9.88 Å². The fourth-order valence-corrected chi connectivity index (χ4v) is 2.97. The minimum atomic E-state index is -0.176. The molecule has 2 heterocycles. The first kappa shape index (κ1) is 13.1. The molecular weight excluding hydrogens is 252 g/mol. The van der Waals surface area contributed by atoms with Crippen molar-refractivity contribution in [3.05, 3.63) is 4.88 Å². The second kappa shape index (κ2) is 5.53. The van der Waals surface area contributed by atoms with Crippen molar-refractivity contribution in [2.75, 3.05) is 43.9 Å². The topological polar surface area (TPSA) is 82.7 Å². The van der Waals surface area contributed by atoms with Crippen LogP contribution in [-0.2, 0) is 0 Å². The van der Waals surface area contributed by atoms with Crippen molar-refractivity contribution in [1.29, 1.82) is 0 Å². The first-order valence-corrected chi connectivity index (χ1v) is 6.82. The summed E-state index contributed by atoms with van der Waals surface area (Å²) >= 11 is 1.34. The third-order valence-electron chi connectivity index (χ3n) is 3.00. The number of aliphatic hydroxyl groups is 1. The fraction of sp³-hybridized carbons (Fsp3) is 0.636. The smallest absolute Gasteiger partial charge is 0.267 e. The number of likely N-dealkylation sites (N-methyl/N-ethyl adjacent to an activating group) is 1. The van der Waals surface area contributed by atoms with Gasteiger partial charge in [0.1, 0.15) is 10.7 Å². The van der Waals surface area contributed by atoms with E-state index in [0.29, 0.717) is 11.4 Å². The normalized spacial score (nSPS) is 15.1. The van der Waals surface area contributed by atoms with Gasteiger partial charge in [-0.25, -0.2) is 4.98 Å². The highest BCUT2D eigenvalue weighted by atomic mass is 32.1. The Morgan fingerprint density at radius 1 is 1.56 bits per heavy atom. The maximum atomic E-state index is 12.1. The van der Waals surface area contributed by atoms with Crippen molar-refractivity contribution in [2.45, 2.75) is 12.8 Å². The predicted octanol–water partition coefficient (Wildman–Crippen LogP) is 0.390. The van der Waals surface area contributed by atoms with Crippen LogP contribution in [-0.4, -0.2) is 54.2 Å². The lowest BCUT2D eigenvalue weighted by molar-refractivity contribution is 0.0772. The van der Waals surface area contributed by atoms with E-state index in [4.69, 9.17) is 10.8 Å². The van der Waals surface area contributed by atoms with E-state index >= 15 is 0 Å². The molecule has 3 N–H and O–H groups in total. The summed E-state index contributed by atoms with van der Waals surface area (Å²) < 4.78 is 0. The molecule has 0 saturated carbocycles. The fourth-order valence-electron chi connectivity index (χ4n) is 1.94. The SMILES string of the molecule is CN(CCO)C(=O)c1sc(N2CCCC2)nc1N. The van der Waals surface area contributed by atoms with Gasteiger partial charge < -0.3 is 20.6 Å². The van der Waals surface area contributed by atoms with Crippen LogP contribution in [0.15, 0.2) is 0 Å². The van der Waals surface area contributed by atoms with E-state index in [-0.39, 0.29) is 18.3 Å². The molecule has 1 amide bonds. The molecule has 0 bridgehead atoms. The van der Waals surface area contributed by atoms with Crippen LogP contribution in [0.1, 0.15) is 22.5 Å². The molecule has 0 radical (unpaired) electrons. The van der Waals surface area contributed by atoms with E-state index in [9.17, 15) is 4.79 Å². The van der Waals surface area contributed by atoms with Gasteiger partial charge in [0, 0.05) is 26.7 Å². The minimum Gasteiger partial charge on any atom is -0.395 e. The Labute approximate surface area is 110 Å². The Balaban J connectivity index is 2.15. The molecule has 2 rings (SSSR count). The van der Waals surface area contributed by atoms with E-state index in [1.54, 1.807) is 7.05 Å². The van der Waals surface area contributed by atoms with Crippen molar-refractivity contribution >= 4 is 28.2 Å². The lowest BCUT2D eigenvalue weighted by Crippen LogP contribution is -2.29. The lowest BCUT2D eigenvalue weighted by Gasteiger charge is -2.14. The molecule has 0 aliphatic carbocycles. The number of thiazole rings is 1. The molecule has 1 fully saturated rings. The Morgan fingerprint density at radius 2 is 2.22 bits per heavy atom. The van der Waals surface area contributed by atoms with Crippen LogP contribution < -0.4 is 10.6 Å². The molecule has 7 heteroatoms. The van der Waals surface area contributed by atoms with Gasteiger partial charge in [-0.2, -0.15) is 0 Å². The third kappa shape index (κ3) is 2.56. The van der Waals surface area contributed by atoms with Crippen LogP contribution in [0.2, 0.25) is 0 Å². The zero-order valence-corrected chi connectivity index (χ0v) is 11.2. The lowest BCUT2D eigenvalue weighted by atomic mass is 10.4.